The van der Waals surface area contributed by atoms with Crippen molar-refractivity contribution in [3.05, 3.63) is 64.3 Å². The molecular formula is C20H20FN3O2S. The Morgan fingerprint density at radius 3 is 2.85 bits per heavy atom. The van der Waals surface area contributed by atoms with E-state index in [0.717, 1.165) is 33.7 Å². The molecule has 0 aliphatic carbocycles. The molecule has 1 amide bonds. The lowest BCUT2D eigenvalue weighted by molar-refractivity contribution is -0.122. The average Bonchev–Trinajstić information content (AvgIpc) is 2.91. The van der Waals surface area contributed by atoms with Gasteiger partial charge in [0.25, 0.3) is 0 Å². The van der Waals surface area contributed by atoms with Gasteiger partial charge in [0.05, 0.1) is 17.1 Å². The Morgan fingerprint density at radius 1 is 1.26 bits per heavy atom. The zero-order valence-electron chi connectivity index (χ0n) is 14.9. The number of carbonyl (C=O) groups excluding carboxylic acids is 1. The Labute approximate surface area is 160 Å². The second kappa shape index (κ2) is 7.23. The van der Waals surface area contributed by atoms with Gasteiger partial charge in [-0.3, -0.25) is 13.9 Å². The number of aromatic nitrogens is 2. The van der Waals surface area contributed by atoms with E-state index in [-0.39, 0.29) is 29.9 Å². The number of para-hydroxylation sites is 2. The molecule has 1 N–H and O–H groups in total. The summed E-state index contributed by atoms with van der Waals surface area (Å²) in [6.07, 6.45) is 0.962. The van der Waals surface area contributed by atoms with E-state index in [1.807, 2.05) is 24.3 Å². The molecule has 1 aliphatic rings. The summed E-state index contributed by atoms with van der Waals surface area (Å²) in [5, 5.41) is 3.01. The van der Waals surface area contributed by atoms with Crippen molar-refractivity contribution in [2.75, 3.05) is 5.75 Å². The third kappa shape index (κ3) is 3.39. The third-order valence-electron chi connectivity index (χ3n) is 4.96. The van der Waals surface area contributed by atoms with Gasteiger partial charge in [0, 0.05) is 30.7 Å². The highest BCUT2D eigenvalue weighted by Gasteiger charge is 2.23. The van der Waals surface area contributed by atoms with Gasteiger partial charge in [-0.2, -0.15) is 0 Å². The fourth-order valence-corrected chi connectivity index (χ4v) is 4.68. The van der Waals surface area contributed by atoms with Crippen LogP contribution in [0.1, 0.15) is 24.4 Å². The molecule has 0 fully saturated rings. The Hall–Kier alpha value is -2.54. The minimum Gasteiger partial charge on any atom is -0.349 e. The van der Waals surface area contributed by atoms with E-state index >= 15 is 0 Å². The van der Waals surface area contributed by atoms with Crippen LogP contribution in [0.5, 0.6) is 0 Å². The first-order chi connectivity index (χ1) is 13.0. The Balaban J connectivity index is 1.49. The van der Waals surface area contributed by atoms with Gasteiger partial charge in [-0.05, 0) is 42.3 Å². The summed E-state index contributed by atoms with van der Waals surface area (Å²) in [6.45, 7) is 0.309. The summed E-state index contributed by atoms with van der Waals surface area (Å²) in [5.74, 6) is 0.451. The molecule has 27 heavy (non-hydrogen) atoms. The molecule has 2 aromatic carbocycles. The van der Waals surface area contributed by atoms with Crippen molar-refractivity contribution in [3.8, 4) is 0 Å². The standard InChI is InChI=1S/C20H20FN3O2S/c1-23-16-4-2-3-5-17(16)24(20(23)26)10-8-19(25)22-15-9-11-27-18-7-6-13(21)12-14(15)18/h2-7,12,15H,8-11H2,1H3,(H,22,25). The monoisotopic (exact) mass is 385 g/mol. The lowest BCUT2D eigenvalue weighted by Gasteiger charge is -2.26. The van der Waals surface area contributed by atoms with Gasteiger partial charge in [0.1, 0.15) is 5.82 Å². The van der Waals surface area contributed by atoms with Crippen LogP contribution in [0.3, 0.4) is 0 Å². The molecule has 1 atom stereocenters. The van der Waals surface area contributed by atoms with Crippen molar-refractivity contribution in [1.29, 1.82) is 0 Å². The van der Waals surface area contributed by atoms with Crippen molar-refractivity contribution >= 4 is 28.7 Å². The molecule has 4 rings (SSSR count). The first-order valence-corrected chi connectivity index (χ1v) is 9.89. The second-order valence-corrected chi connectivity index (χ2v) is 7.81. The molecule has 5 nitrogen and oxygen atoms in total. The number of halogens is 1. The van der Waals surface area contributed by atoms with E-state index in [1.165, 1.54) is 12.1 Å². The zero-order valence-corrected chi connectivity index (χ0v) is 15.8. The van der Waals surface area contributed by atoms with Gasteiger partial charge in [-0.15, -0.1) is 11.8 Å². The third-order valence-corrected chi connectivity index (χ3v) is 6.08. The predicted octanol–water partition coefficient (Wildman–Crippen LogP) is 3.22. The van der Waals surface area contributed by atoms with Crippen LogP contribution in [0.2, 0.25) is 0 Å². The summed E-state index contributed by atoms with van der Waals surface area (Å²) in [5.41, 5.74) is 2.36. The highest BCUT2D eigenvalue weighted by atomic mass is 32.2. The minimum atomic E-state index is -0.294. The predicted molar refractivity (Wildman–Crippen MR) is 104 cm³/mol. The normalized spacial score (nSPS) is 16.3. The maximum atomic E-state index is 13.6. The lowest BCUT2D eigenvalue weighted by Crippen LogP contribution is -2.32. The molecule has 2 heterocycles. The van der Waals surface area contributed by atoms with Crippen LogP contribution in [-0.4, -0.2) is 20.8 Å². The maximum absolute atomic E-state index is 13.6. The molecular weight excluding hydrogens is 365 g/mol. The van der Waals surface area contributed by atoms with Crippen LogP contribution in [0.4, 0.5) is 4.39 Å². The fraction of sp³-hybridized carbons (Fsp3) is 0.300. The number of hydrogen-bond donors (Lipinski definition) is 1. The molecule has 3 aromatic rings. The summed E-state index contributed by atoms with van der Waals surface area (Å²) >= 11 is 1.68. The number of thioether (sulfide) groups is 1. The number of nitrogens with one attached hydrogen (secondary N) is 1. The van der Waals surface area contributed by atoms with Gasteiger partial charge in [-0.1, -0.05) is 12.1 Å². The summed E-state index contributed by atoms with van der Waals surface area (Å²) in [7, 11) is 1.73. The van der Waals surface area contributed by atoms with Crippen molar-refractivity contribution in [1.82, 2.24) is 14.5 Å². The van der Waals surface area contributed by atoms with E-state index in [0.29, 0.717) is 6.54 Å². The van der Waals surface area contributed by atoms with Gasteiger partial charge >= 0.3 is 5.69 Å². The number of imidazole rings is 1. The summed E-state index contributed by atoms with van der Waals surface area (Å²) < 4.78 is 16.8. The Bertz CT molecular complexity index is 1070. The van der Waals surface area contributed by atoms with Crippen molar-refractivity contribution in [2.24, 2.45) is 7.05 Å². The lowest BCUT2D eigenvalue weighted by atomic mass is 10.0. The maximum Gasteiger partial charge on any atom is 0.328 e. The van der Waals surface area contributed by atoms with Gasteiger partial charge in [-0.25, -0.2) is 9.18 Å². The summed E-state index contributed by atoms with van der Waals surface area (Å²) in [4.78, 5) is 26.0. The minimum absolute atomic E-state index is 0.134. The quantitative estimate of drug-likeness (QED) is 0.750. The van der Waals surface area contributed by atoms with Crippen LogP contribution in [-0.2, 0) is 18.4 Å². The van der Waals surface area contributed by atoms with Crippen LogP contribution < -0.4 is 11.0 Å². The molecule has 1 unspecified atom stereocenters. The largest absolute Gasteiger partial charge is 0.349 e. The van der Waals surface area contributed by atoms with Crippen LogP contribution in [0, 0.1) is 5.82 Å². The van der Waals surface area contributed by atoms with E-state index in [1.54, 1.807) is 34.0 Å². The molecule has 1 aliphatic heterocycles. The highest BCUT2D eigenvalue weighted by molar-refractivity contribution is 7.99. The second-order valence-electron chi connectivity index (χ2n) is 6.67. The Morgan fingerprint density at radius 2 is 2.04 bits per heavy atom. The van der Waals surface area contributed by atoms with Crippen LogP contribution >= 0.6 is 11.8 Å². The zero-order chi connectivity index (χ0) is 19.0. The molecule has 0 spiro atoms. The van der Waals surface area contributed by atoms with E-state index in [4.69, 9.17) is 0 Å². The number of rotatable bonds is 4. The average molecular weight is 385 g/mol. The molecule has 0 bridgehead atoms. The number of hydrogen-bond acceptors (Lipinski definition) is 3. The highest BCUT2D eigenvalue weighted by Crippen LogP contribution is 2.36. The van der Waals surface area contributed by atoms with Crippen molar-refractivity contribution in [2.45, 2.75) is 30.3 Å². The van der Waals surface area contributed by atoms with Crippen LogP contribution in [0.15, 0.2) is 52.2 Å². The fourth-order valence-electron chi connectivity index (χ4n) is 3.57. The summed E-state index contributed by atoms with van der Waals surface area (Å²) in [6, 6.07) is 12.1. The first-order valence-electron chi connectivity index (χ1n) is 8.90. The number of nitrogens with zero attached hydrogens (tertiary/aromatic N) is 2. The van der Waals surface area contributed by atoms with Gasteiger partial charge < -0.3 is 5.32 Å². The van der Waals surface area contributed by atoms with E-state index < -0.39 is 0 Å². The molecule has 140 valence electrons. The van der Waals surface area contributed by atoms with Crippen molar-refractivity contribution in [3.63, 3.8) is 0 Å². The molecule has 0 saturated carbocycles. The molecule has 7 heteroatoms. The molecule has 1 aromatic heterocycles. The number of fused-ring (bicyclic) bond motifs is 2. The van der Waals surface area contributed by atoms with Crippen LogP contribution in [0.25, 0.3) is 11.0 Å². The van der Waals surface area contributed by atoms with Crippen molar-refractivity contribution < 1.29 is 9.18 Å². The number of aryl methyl sites for hydroxylation is 2. The first kappa shape index (κ1) is 17.9. The molecule has 0 saturated heterocycles. The van der Waals surface area contributed by atoms with E-state index in [9.17, 15) is 14.0 Å². The van der Waals surface area contributed by atoms with E-state index in [2.05, 4.69) is 5.32 Å². The molecule has 0 radical (unpaired) electrons. The Kier molecular flexibility index (Phi) is 4.78. The smallest absolute Gasteiger partial charge is 0.328 e. The number of benzene rings is 2. The van der Waals surface area contributed by atoms with Gasteiger partial charge in [0.15, 0.2) is 0 Å². The SMILES string of the molecule is Cn1c(=O)n(CCC(=O)NC2CCSc3ccc(F)cc32)c2ccccc21. The van der Waals surface area contributed by atoms with Gasteiger partial charge in [0.2, 0.25) is 5.91 Å². The topological polar surface area (TPSA) is 56.0 Å². The number of amides is 1. The number of carbonyl (C=O) groups is 1.